The lowest BCUT2D eigenvalue weighted by atomic mass is 9.71. The fourth-order valence-electron chi connectivity index (χ4n) is 2.46. The van der Waals surface area contributed by atoms with E-state index in [0.717, 1.165) is 19.3 Å². The number of nitrogens with zero attached hydrogens (tertiary/aromatic N) is 1. The average molecular weight is 171 g/mol. The zero-order chi connectivity index (χ0) is 9.35. The van der Waals surface area contributed by atoms with E-state index >= 15 is 0 Å². The lowest BCUT2D eigenvalue weighted by Crippen LogP contribution is -2.35. The summed E-state index contributed by atoms with van der Waals surface area (Å²) in [6, 6.07) is -0.302. The van der Waals surface area contributed by atoms with Crippen molar-refractivity contribution < 1.29 is 4.92 Å². The SMILES string of the molecule is CC1CC([N+](=O)[O-])CC(C)(C)C1. The topological polar surface area (TPSA) is 43.1 Å². The van der Waals surface area contributed by atoms with Crippen LogP contribution in [0.2, 0.25) is 0 Å². The smallest absolute Gasteiger partial charge is 0.213 e. The maximum Gasteiger partial charge on any atom is 0.213 e. The third-order valence-electron chi connectivity index (χ3n) is 2.66. The van der Waals surface area contributed by atoms with Crippen molar-refractivity contribution in [2.45, 2.75) is 46.1 Å². The molecule has 1 rings (SSSR count). The summed E-state index contributed by atoms with van der Waals surface area (Å²) in [4.78, 5) is 10.5. The molecule has 0 N–H and O–H groups in total. The van der Waals surface area contributed by atoms with Gasteiger partial charge in [0.2, 0.25) is 6.04 Å². The molecule has 3 heteroatoms. The number of rotatable bonds is 1. The molecule has 0 saturated heterocycles. The lowest BCUT2D eigenvalue weighted by Gasteiger charge is -2.34. The van der Waals surface area contributed by atoms with Gasteiger partial charge in [-0.05, 0) is 17.8 Å². The molecule has 2 unspecified atom stereocenters. The Morgan fingerprint density at radius 3 is 2.42 bits per heavy atom. The summed E-state index contributed by atoms with van der Waals surface area (Å²) in [5.74, 6) is 0.504. The van der Waals surface area contributed by atoms with Crippen LogP contribution in [0.5, 0.6) is 0 Å². The molecule has 0 aromatic rings. The molecule has 0 amide bonds. The molecule has 0 aromatic carbocycles. The molecule has 0 aromatic heterocycles. The highest BCUT2D eigenvalue weighted by Crippen LogP contribution is 2.39. The third kappa shape index (κ3) is 2.19. The summed E-state index contributed by atoms with van der Waals surface area (Å²) in [7, 11) is 0. The molecule has 1 aliphatic rings. The highest BCUT2D eigenvalue weighted by atomic mass is 16.6. The molecule has 1 aliphatic carbocycles. The van der Waals surface area contributed by atoms with Gasteiger partial charge >= 0.3 is 0 Å². The number of hydrogen-bond donors (Lipinski definition) is 0. The lowest BCUT2D eigenvalue weighted by molar-refractivity contribution is -0.531. The van der Waals surface area contributed by atoms with E-state index in [0.29, 0.717) is 5.92 Å². The second-order valence-electron chi connectivity index (χ2n) is 4.85. The summed E-state index contributed by atoms with van der Waals surface area (Å²) in [5, 5.41) is 10.6. The summed E-state index contributed by atoms with van der Waals surface area (Å²) in [5.41, 5.74) is 0.162. The first kappa shape index (κ1) is 9.49. The monoisotopic (exact) mass is 171 g/mol. The Kier molecular flexibility index (Phi) is 2.40. The zero-order valence-corrected chi connectivity index (χ0v) is 8.04. The summed E-state index contributed by atoms with van der Waals surface area (Å²) in [6.45, 7) is 6.36. The Hall–Kier alpha value is -0.600. The van der Waals surface area contributed by atoms with E-state index in [4.69, 9.17) is 0 Å². The number of hydrogen-bond acceptors (Lipinski definition) is 2. The Morgan fingerprint density at radius 1 is 1.42 bits per heavy atom. The van der Waals surface area contributed by atoms with E-state index < -0.39 is 0 Å². The predicted molar refractivity (Wildman–Crippen MR) is 47.6 cm³/mol. The minimum atomic E-state index is -0.302. The summed E-state index contributed by atoms with van der Waals surface area (Å²) >= 11 is 0. The van der Waals surface area contributed by atoms with Crippen LogP contribution in [0.3, 0.4) is 0 Å². The average Bonchev–Trinajstić information content (AvgIpc) is 1.82. The maximum atomic E-state index is 10.6. The van der Waals surface area contributed by atoms with Crippen molar-refractivity contribution in [3.05, 3.63) is 10.1 Å². The van der Waals surface area contributed by atoms with Crippen LogP contribution in [0.4, 0.5) is 0 Å². The molecule has 70 valence electrons. The Labute approximate surface area is 73.3 Å². The standard InChI is InChI=1S/C9H17NO2/c1-7-4-8(10(11)12)6-9(2,3)5-7/h7-8H,4-6H2,1-3H3. The highest BCUT2D eigenvalue weighted by molar-refractivity contribution is 4.82. The van der Waals surface area contributed by atoms with Crippen LogP contribution in [-0.2, 0) is 0 Å². The van der Waals surface area contributed by atoms with Gasteiger partial charge in [0.25, 0.3) is 0 Å². The fourth-order valence-corrected chi connectivity index (χ4v) is 2.46. The molecule has 0 spiro atoms. The van der Waals surface area contributed by atoms with E-state index in [1.807, 2.05) is 0 Å². The molecule has 0 aliphatic heterocycles. The fraction of sp³-hybridized carbons (Fsp3) is 1.00. The van der Waals surface area contributed by atoms with Crippen molar-refractivity contribution in [2.75, 3.05) is 0 Å². The number of nitro groups is 1. The molecule has 1 saturated carbocycles. The molecule has 1 fully saturated rings. The quantitative estimate of drug-likeness (QED) is 0.449. The maximum absolute atomic E-state index is 10.6. The highest BCUT2D eigenvalue weighted by Gasteiger charge is 2.37. The van der Waals surface area contributed by atoms with Gasteiger partial charge in [-0.15, -0.1) is 0 Å². The first-order chi connectivity index (χ1) is 5.41. The van der Waals surface area contributed by atoms with Gasteiger partial charge < -0.3 is 0 Å². The van der Waals surface area contributed by atoms with Gasteiger partial charge in [-0.2, -0.15) is 0 Å². The van der Waals surface area contributed by atoms with Crippen LogP contribution in [0.1, 0.15) is 40.0 Å². The third-order valence-corrected chi connectivity index (χ3v) is 2.66. The first-order valence-corrected chi connectivity index (χ1v) is 4.54. The van der Waals surface area contributed by atoms with Gasteiger partial charge in [0.1, 0.15) is 0 Å². The van der Waals surface area contributed by atoms with E-state index in [1.54, 1.807) is 0 Å². The van der Waals surface area contributed by atoms with Crippen LogP contribution in [0.25, 0.3) is 0 Å². The molecule has 0 radical (unpaired) electrons. The normalized spacial score (nSPS) is 34.6. The van der Waals surface area contributed by atoms with Crippen LogP contribution >= 0.6 is 0 Å². The molecular formula is C9H17NO2. The van der Waals surface area contributed by atoms with Gasteiger partial charge in [0.15, 0.2) is 0 Å². The van der Waals surface area contributed by atoms with Crippen molar-refractivity contribution in [1.82, 2.24) is 0 Å². The van der Waals surface area contributed by atoms with Gasteiger partial charge in [0, 0.05) is 17.8 Å². The zero-order valence-electron chi connectivity index (χ0n) is 8.04. The first-order valence-electron chi connectivity index (χ1n) is 4.54. The Balaban J connectivity index is 2.64. The summed E-state index contributed by atoms with van der Waals surface area (Å²) in [6.07, 6.45) is 2.62. The van der Waals surface area contributed by atoms with E-state index in [-0.39, 0.29) is 16.4 Å². The van der Waals surface area contributed by atoms with Gasteiger partial charge in [-0.1, -0.05) is 20.8 Å². The van der Waals surface area contributed by atoms with Crippen LogP contribution in [-0.4, -0.2) is 11.0 Å². The van der Waals surface area contributed by atoms with Crippen molar-refractivity contribution in [2.24, 2.45) is 11.3 Å². The molecule has 0 bridgehead atoms. The van der Waals surface area contributed by atoms with Crippen molar-refractivity contribution in [1.29, 1.82) is 0 Å². The predicted octanol–water partition coefficient (Wildman–Crippen LogP) is 2.48. The van der Waals surface area contributed by atoms with Crippen molar-refractivity contribution in [3.8, 4) is 0 Å². The van der Waals surface area contributed by atoms with Crippen molar-refractivity contribution in [3.63, 3.8) is 0 Å². The second kappa shape index (κ2) is 3.04. The van der Waals surface area contributed by atoms with Gasteiger partial charge in [0.05, 0.1) is 0 Å². The van der Waals surface area contributed by atoms with E-state index in [2.05, 4.69) is 20.8 Å². The minimum absolute atomic E-state index is 0.114. The molecular weight excluding hydrogens is 154 g/mol. The van der Waals surface area contributed by atoms with E-state index in [9.17, 15) is 10.1 Å². The van der Waals surface area contributed by atoms with Gasteiger partial charge in [-0.25, -0.2) is 0 Å². The molecule has 3 nitrogen and oxygen atoms in total. The second-order valence-corrected chi connectivity index (χ2v) is 4.85. The largest absolute Gasteiger partial charge is 0.264 e. The van der Waals surface area contributed by atoms with Crippen LogP contribution < -0.4 is 0 Å². The Bertz CT molecular complexity index is 189. The van der Waals surface area contributed by atoms with Gasteiger partial charge in [-0.3, -0.25) is 10.1 Å². The molecule has 0 heterocycles. The Morgan fingerprint density at radius 2 is 2.00 bits per heavy atom. The molecule has 2 atom stereocenters. The summed E-state index contributed by atoms with van der Waals surface area (Å²) < 4.78 is 0. The molecule has 12 heavy (non-hydrogen) atoms. The van der Waals surface area contributed by atoms with Crippen LogP contribution in [0.15, 0.2) is 0 Å². The minimum Gasteiger partial charge on any atom is -0.264 e. The van der Waals surface area contributed by atoms with Crippen molar-refractivity contribution >= 4 is 0 Å². The van der Waals surface area contributed by atoms with Crippen LogP contribution in [0, 0.1) is 21.4 Å². The van der Waals surface area contributed by atoms with E-state index in [1.165, 1.54) is 0 Å².